The van der Waals surface area contributed by atoms with Gasteiger partial charge in [0.25, 0.3) is 0 Å². The zero-order valence-corrected chi connectivity index (χ0v) is 8.04. The Hall–Kier alpha value is 0.210. The molecule has 4 heteroatoms. The third-order valence-corrected chi connectivity index (χ3v) is 2.20. The molecule has 1 nitrogen and oxygen atoms in total. The first kappa shape index (κ1) is 8.31. The van der Waals surface area contributed by atoms with Crippen LogP contribution in [0.15, 0.2) is 16.6 Å². The summed E-state index contributed by atoms with van der Waals surface area (Å²) in [6.07, 6.45) is 0. The summed E-state index contributed by atoms with van der Waals surface area (Å²) in [4.78, 5) is 3.98. The molecule has 0 aliphatic carbocycles. The van der Waals surface area contributed by atoms with E-state index in [1.165, 1.54) is 0 Å². The smallest absolute Gasteiger partial charge is 0.129 e. The van der Waals surface area contributed by atoms with Crippen LogP contribution in [0.2, 0.25) is 5.15 Å². The molecule has 54 valence electrons. The topological polar surface area (TPSA) is 12.9 Å². The number of nitrogens with zero attached hydrogens (tertiary/aromatic N) is 1. The van der Waals surface area contributed by atoms with Crippen LogP contribution in [-0.2, 0) is 5.88 Å². The van der Waals surface area contributed by atoms with Gasteiger partial charge in [0.1, 0.15) is 5.15 Å². The van der Waals surface area contributed by atoms with Gasteiger partial charge in [0, 0.05) is 4.47 Å². The molecule has 1 aromatic rings. The van der Waals surface area contributed by atoms with Crippen molar-refractivity contribution in [1.82, 2.24) is 4.98 Å². The fourth-order valence-corrected chi connectivity index (χ4v) is 1.44. The van der Waals surface area contributed by atoms with Gasteiger partial charge in [-0.15, -0.1) is 11.6 Å². The second kappa shape index (κ2) is 3.56. The van der Waals surface area contributed by atoms with Crippen molar-refractivity contribution >= 4 is 39.1 Å². The van der Waals surface area contributed by atoms with Crippen LogP contribution in [0.3, 0.4) is 0 Å². The Balaban J connectivity index is 3.09. The van der Waals surface area contributed by atoms with E-state index in [4.69, 9.17) is 23.2 Å². The number of pyridine rings is 1. The minimum atomic E-state index is 0.376. The van der Waals surface area contributed by atoms with Gasteiger partial charge in [-0.1, -0.05) is 11.6 Å². The van der Waals surface area contributed by atoms with Crippen LogP contribution < -0.4 is 0 Å². The molecular formula is C6H4BrCl2N. The number of hydrogen-bond acceptors (Lipinski definition) is 1. The maximum absolute atomic E-state index is 5.60. The highest BCUT2D eigenvalue weighted by Crippen LogP contribution is 2.18. The average Bonchev–Trinajstić information content (AvgIpc) is 1.94. The Morgan fingerprint density at radius 3 is 2.70 bits per heavy atom. The van der Waals surface area contributed by atoms with Crippen LogP contribution >= 0.6 is 39.1 Å². The second-order valence-corrected chi connectivity index (χ2v) is 3.20. The molecule has 0 amide bonds. The van der Waals surface area contributed by atoms with Gasteiger partial charge in [-0.3, -0.25) is 0 Å². The molecule has 1 heterocycles. The first-order chi connectivity index (χ1) is 4.74. The van der Waals surface area contributed by atoms with Crippen molar-refractivity contribution in [3.63, 3.8) is 0 Å². The summed E-state index contributed by atoms with van der Waals surface area (Å²) in [6.45, 7) is 0. The molecule has 0 saturated carbocycles. The zero-order chi connectivity index (χ0) is 7.56. The summed E-state index contributed by atoms with van der Waals surface area (Å²) in [6, 6.07) is 3.54. The van der Waals surface area contributed by atoms with Crippen LogP contribution in [0, 0.1) is 0 Å². The molecule has 0 saturated heterocycles. The van der Waals surface area contributed by atoms with E-state index in [2.05, 4.69) is 20.9 Å². The van der Waals surface area contributed by atoms with Gasteiger partial charge < -0.3 is 0 Å². The summed E-state index contributed by atoms with van der Waals surface area (Å²) < 4.78 is 0.895. The third kappa shape index (κ3) is 1.84. The molecule has 0 spiro atoms. The normalized spacial score (nSPS) is 9.90. The van der Waals surface area contributed by atoms with Crippen molar-refractivity contribution < 1.29 is 0 Å². The summed E-state index contributed by atoms with van der Waals surface area (Å²) in [5.41, 5.74) is 0.772. The van der Waals surface area contributed by atoms with Crippen LogP contribution in [0.5, 0.6) is 0 Å². The zero-order valence-electron chi connectivity index (χ0n) is 4.94. The molecule has 0 unspecified atom stereocenters. The maximum atomic E-state index is 5.60. The van der Waals surface area contributed by atoms with E-state index in [1.54, 1.807) is 6.07 Å². The lowest BCUT2D eigenvalue weighted by Gasteiger charge is -1.97. The number of alkyl halides is 1. The highest BCUT2D eigenvalue weighted by molar-refractivity contribution is 9.10. The van der Waals surface area contributed by atoms with E-state index < -0.39 is 0 Å². The van der Waals surface area contributed by atoms with Crippen molar-refractivity contribution in [2.75, 3.05) is 0 Å². The van der Waals surface area contributed by atoms with Gasteiger partial charge in [-0.05, 0) is 28.1 Å². The molecule has 0 atom stereocenters. The van der Waals surface area contributed by atoms with E-state index >= 15 is 0 Å². The molecule has 1 aromatic heterocycles. The molecule has 0 N–H and O–H groups in total. The first-order valence-corrected chi connectivity index (χ1v) is 4.31. The van der Waals surface area contributed by atoms with Crippen molar-refractivity contribution in [2.45, 2.75) is 5.88 Å². The van der Waals surface area contributed by atoms with E-state index in [-0.39, 0.29) is 0 Å². The van der Waals surface area contributed by atoms with Gasteiger partial charge in [-0.25, -0.2) is 4.98 Å². The highest BCUT2D eigenvalue weighted by Gasteiger charge is 1.99. The van der Waals surface area contributed by atoms with E-state index in [0.29, 0.717) is 11.0 Å². The molecule has 0 fully saturated rings. The third-order valence-electron chi connectivity index (χ3n) is 1.01. The lowest BCUT2D eigenvalue weighted by molar-refractivity contribution is 1.15. The second-order valence-electron chi connectivity index (χ2n) is 1.70. The number of halogens is 3. The summed E-state index contributed by atoms with van der Waals surface area (Å²) in [5.74, 6) is 0.376. The van der Waals surface area contributed by atoms with Crippen molar-refractivity contribution in [2.24, 2.45) is 0 Å². The van der Waals surface area contributed by atoms with Crippen LogP contribution in [0.4, 0.5) is 0 Å². The monoisotopic (exact) mass is 239 g/mol. The van der Waals surface area contributed by atoms with E-state index in [9.17, 15) is 0 Å². The van der Waals surface area contributed by atoms with Crippen molar-refractivity contribution in [3.8, 4) is 0 Å². The molecule has 0 radical (unpaired) electrons. The van der Waals surface area contributed by atoms with Crippen LogP contribution in [-0.4, -0.2) is 4.98 Å². The Labute approximate surface area is 77.5 Å². The Morgan fingerprint density at radius 1 is 1.50 bits per heavy atom. The summed E-state index contributed by atoms with van der Waals surface area (Å²) >= 11 is 14.4. The minimum absolute atomic E-state index is 0.376. The number of rotatable bonds is 1. The number of hydrogen-bond donors (Lipinski definition) is 0. The van der Waals surface area contributed by atoms with Crippen molar-refractivity contribution in [3.05, 3.63) is 27.5 Å². The molecule has 10 heavy (non-hydrogen) atoms. The fourth-order valence-electron chi connectivity index (χ4n) is 0.551. The van der Waals surface area contributed by atoms with Gasteiger partial charge in [0.2, 0.25) is 0 Å². The highest BCUT2D eigenvalue weighted by atomic mass is 79.9. The maximum Gasteiger partial charge on any atom is 0.129 e. The SMILES string of the molecule is ClCc1nc(Cl)ccc1Br. The van der Waals surface area contributed by atoms with E-state index in [1.807, 2.05) is 6.07 Å². The van der Waals surface area contributed by atoms with Crippen LogP contribution in [0.25, 0.3) is 0 Å². The number of aromatic nitrogens is 1. The van der Waals surface area contributed by atoms with E-state index in [0.717, 1.165) is 10.2 Å². The van der Waals surface area contributed by atoms with Gasteiger partial charge in [-0.2, -0.15) is 0 Å². The molecule has 1 rings (SSSR count). The standard InChI is InChI=1S/C6H4BrCl2N/c7-4-1-2-6(9)10-5(4)3-8/h1-2H,3H2. The molecular weight excluding hydrogens is 237 g/mol. The Kier molecular flexibility index (Phi) is 2.96. The quantitative estimate of drug-likeness (QED) is 0.543. The predicted molar refractivity (Wildman–Crippen MR) is 46.5 cm³/mol. The molecule has 0 bridgehead atoms. The lowest BCUT2D eigenvalue weighted by atomic mass is 10.4. The molecule has 0 aliphatic rings. The van der Waals surface area contributed by atoms with Crippen LogP contribution in [0.1, 0.15) is 5.69 Å². The van der Waals surface area contributed by atoms with Gasteiger partial charge in [0.05, 0.1) is 11.6 Å². The minimum Gasteiger partial charge on any atom is -0.239 e. The molecule has 0 aromatic carbocycles. The first-order valence-electron chi connectivity index (χ1n) is 2.61. The Bertz CT molecular complexity index is 239. The lowest BCUT2D eigenvalue weighted by Crippen LogP contribution is -1.86. The predicted octanol–water partition coefficient (Wildman–Crippen LogP) is 3.24. The average molecular weight is 241 g/mol. The van der Waals surface area contributed by atoms with Gasteiger partial charge >= 0.3 is 0 Å². The fraction of sp³-hybridized carbons (Fsp3) is 0.167. The summed E-state index contributed by atoms with van der Waals surface area (Å²) in [5, 5.41) is 0.471. The van der Waals surface area contributed by atoms with Gasteiger partial charge in [0.15, 0.2) is 0 Å². The largest absolute Gasteiger partial charge is 0.239 e. The Morgan fingerprint density at radius 2 is 2.20 bits per heavy atom. The molecule has 0 aliphatic heterocycles. The van der Waals surface area contributed by atoms with Crippen molar-refractivity contribution in [1.29, 1.82) is 0 Å². The summed E-state index contributed by atoms with van der Waals surface area (Å²) in [7, 11) is 0.